The molecule has 0 atom stereocenters. The Kier molecular flexibility index (Phi) is 7.56. The van der Waals surface area contributed by atoms with Crippen molar-refractivity contribution < 1.29 is 22.3 Å². The summed E-state index contributed by atoms with van der Waals surface area (Å²) >= 11 is 6.08. The molecule has 0 saturated carbocycles. The van der Waals surface area contributed by atoms with E-state index in [2.05, 4.69) is 0 Å². The third-order valence-electron chi connectivity index (χ3n) is 5.41. The van der Waals surface area contributed by atoms with Crippen LogP contribution in [0.1, 0.15) is 41.6 Å². The van der Waals surface area contributed by atoms with Gasteiger partial charge in [-0.1, -0.05) is 30.5 Å². The first-order chi connectivity index (χ1) is 14.8. The SMILES string of the molecule is COc1ccc(S(=O)(=O)N2CCCCCC2)cc1C(=O)N(C)Cc1c(F)cccc1Cl. The number of methoxy groups -OCH3 is 1. The van der Waals surface area contributed by atoms with Crippen LogP contribution < -0.4 is 4.74 Å². The van der Waals surface area contributed by atoms with E-state index in [9.17, 15) is 17.6 Å². The van der Waals surface area contributed by atoms with Gasteiger partial charge >= 0.3 is 0 Å². The average Bonchev–Trinajstić information content (AvgIpc) is 3.05. The lowest BCUT2D eigenvalue weighted by Gasteiger charge is -2.22. The summed E-state index contributed by atoms with van der Waals surface area (Å²) in [5, 5.41) is 0.212. The van der Waals surface area contributed by atoms with E-state index < -0.39 is 21.7 Å². The van der Waals surface area contributed by atoms with Gasteiger partial charge in [-0.2, -0.15) is 4.31 Å². The molecule has 1 aliphatic rings. The van der Waals surface area contributed by atoms with Gasteiger partial charge in [-0.05, 0) is 43.2 Å². The Morgan fingerprint density at radius 3 is 2.45 bits per heavy atom. The molecular weight excluding hydrogens is 443 g/mol. The van der Waals surface area contributed by atoms with Gasteiger partial charge in [0.15, 0.2) is 0 Å². The Balaban J connectivity index is 1.92. The smallest absolute Gasteiger partial charge is 0.257 e. The molecule has 0 aromatic heterocycles. The van der Waals surface area contributed by atoms with Gasteiger partial charge in [-0.15, -0.1) is 0 Å². The molecule has 3 rings (SSSR count). The predicted octanol–water partition coefficient (Wildman–Crippen LogP) is 4.32. The second kappa shape index (κ2) is 9.97. The second-order valence-electron chi connectivity index (χ2n) is 7.54. The van der Waals surface area contributed by atoms with Crippen molar-refractivity contribution in [3.05, 3.63) is 58.4 Å². The fourth-order valence-electron chi connectivity index (χ4n) is 3.64. The number of halogens is 2. The van der Waals surface area contributed by atoms with Crippen LogP contribution in [0.15, 0.2) is 41.3 Å². The second-order valence-corrected chi connectivity index (χ2v) is 9.89. The van der Waals surface area contributed by atoms with E-state index in [0.717, 1.165) is 25.7 Å². The van der Waals surface area contributed by atoms with Crippen LogP contribution in [0.2, 0.25) is 5.02 Å². The van der Waals surface area contributed by atoms with Crippen LogP contribution in [0.3, 0.4) is 0 Å². The van der Waals surface area contributed by atoms with Gasteiger partial charge in [0.1, 0.15) is 11.6 Å². The van der Waals surface area contributed by atoms with Crippen LogP contribution in [-0.4, -0.2) is 50.8 Å². The lowest BCUT2D eigenvalue weighted by Crippen LogP contribution is -2.32. The zero-order valence-electron chi connectivity index (χ0n) is 17.6. The molecule has 2 aromatic rings. The van der Waals surface area contributed by atoms with E-state index in [1.54, 1.807) is 6.07 Å². The summed E-state index contributed by atoms with van der Waals surface area (Å²) in [7, 11) is -0.832. The normalized spacial score (nSPS) is 15.4. The highest BCUT2D eigenvalue weighted by molar-refractivity contribution is 7.89. The highest BCUT2D eigenvalue weighted by atomic mass is 35.5. The fourth-order valence-corrected chi connectivity index (χ4v) is 5.41. The van der Waals surface area contributed by atoms with E-state index in [1.807, 2.05) is 0 Å². The van der Waals surface area contributed by atoms with Crippen molar-refractivity contribution in [1.82, 2.24) is 9.21 Å². The summed E-state index contributed by atoms with van der Waals surface area (Å²) in [5.74, 6) is -0.771. The molecule has 31 heavy (non-hydrogen) atoms. The highest BCUT2D eigenvalue weighted by Gasteiger charge is 2.28. The minimum Gasteiger partial charge on any atom is -0.496 e. The largest absolute Gasteiger partial charge is 0.496 e. The number of hydrogen-bond acceptors (Lipinski definition) is 4. The molecule has 2 aromatic carbocycles. The van der Waals surface area contributed by atoms with E-state index in [4.69, 9.17) is 16.3 Å². The van der Waals surface area contributed by atoms with Crippen molar-refractivity contribution in [3.8, 4) is 5.75 Å². The number of ether oxygens (including phenoxy) is 1. The molecule has 0 unspecified atom stereocenters. The minimum absolute atomic E-state index is 0.0378. The molecule has 1 heterocycles. The maximum Gasteiger partial charge on any atom is 0.257 e. The minimum atomic E-state index is -3.74. The van der Waals surface area contributed by atoms with E-state index in [0.29, 0.717) is 13.1 Å². The lowest BCUT2D eigenvalue weighted by atomic mass is 10.1. The summed E-state index contributed by atoms with van der Waals surface area (Å²) in [6.45, 7) is 0.850. The average molecular weight is 469 g/mol. The van der Waals surface area contributed by atoms with Crippen molar-refractivity contribution in [2.24, 2.45) is 0 Å². The summed E-state index contributed by atoms with van der Waals surface area (Å²) in [4.78, 5) is 14.5. The molecule has 168 valence electrons. The number of hydrogen-bond donors (Lipinski definition) is 0. The maximum absolute atomic E-state index is 14.1. The number of nitrogens with zero attached hydrogens (tertiary/aromatic N) is 2. The van der Waals surface area contributed by atoms with Gasteiger partial charge in [-0.3, -0.25) is 4.79 Å². The van der Waals surface area contributed by atoms with Crippen molar-refractivity contribution in [1.29, 1.82) is 0 Å². The Hall–Kier alpha value is -2.16. The van der Waals surface area contributed by atoms with Crippen molar-refractivity contribution in [2.45, 2.75) is 37.1 Å². The molecule has 6 nitrogen and oxygen atoms in total. The van der Waals surface area contributed by atoms with Gasteiger partial charge in [-0.25, -0.2) is 12.8 Å². The van der Waals surface area contributed by atoms with Crippen molar-refractivity contribution in [2.75, 3.05) is 27.2 Å². The number of benzene rings is 2. The maximum atomic E-state index is 14.1. The Labute approximate surface area is 187 Å². The molecule has 0 aliphatic carbocycles. The molecule has 0 radical (unpaired) electrons. The molecular formula is C22H26ClFN2O4S. The predicted molar refractivity (Wildman–Crippen MR) is 117 cm³/mol. The van der Waals surface area contributed by atoms with Crippen LogP contribution in [0.5, 0.6) is 5.75 Å². The van der Waals surface area contributed by atoms with Gasteiger partial charge in [0.05, 0.1) is 17.6 Å². The molecule has 1 aliphatic heterocycles. The Morgan fingerprint density at radius 2 is 1.84 bits per heavy atom. The van der Waals surface area contributed by atoms with Gasteiger partial charge < -0.3 is 9.64 Å². The van der Waals surface area contributed by atoms with Crippen molar-refractivity contribution >= 4 is 27.5 Å². The summed E-state index contributed by atoms with van der Waals surface area (Å²) in [5.41, 5.74) is 0.278. The zero-order chi connectivity index (χ0) is 22.6. The van der Waals surface area contributed by atoms with Crippen LogP contribution in [-0.2, 0) is 16.6 Å². The van der Waals surface area contributed by atoms with E-state index in [1.165, 1.54) is 53.7 Å². The Bertz CT molecular complexity index is 1030. The lowest BCUT2D eigenvalue weighted by molar-refractivity contribution is 0.0780. The molecule has 0 bridgehead atoms. The van der Waals surface area contributed by atoms with E-state index >= 15 is 0 Å². The number of sulfonamides is 1. The molecule has 1 saturated heterocycles. The summed E-state index contributed by atoms with van der Waals surface area (Å²) < 4.78 is 47.2. The molecule has 0 N–H and O–H groups in total. The number of carbonyl (C=O) groups is 1. The van der Waals surface area contributed by atoms with Gasteiger partial charge in [0.2, 0.25) is 10.0 Å². The molecule has 0 spiro atoms. The molecule has 1 amide bonds. The first-order valence-electron chi connectivity index (χ1n) is 10.1. The molecule has 9 heteroatoms. The Morgan fingerprint density at radius 1 is 1.16 bits per heavy atom. The van der Waals surface area contributed by atoms with Gasteiger partial charge in [0.25, 0.3) is 5.91 Å². The van der Waals surface area contributed by atoms with E-state index in [-0.39, 0.29) is 33.3 Å². The third-order valence-corrected chi connectivity index (χ3v) is 7.66. The van der Waals surface area contributed by atoms with Crippen LogP contribution in [0.25, 0.3) is 0 Å². The topological polar surface area (TPSA) is 66.9 Å². The molecule has 1 fully saturated rings. The van der Waals surface area contributed by atoms with Crippen LogP contribution in [0.4, 0.5) is 4.39 Å². The number of rotatable bonds is 6. The summed E-state index contributed by atoms with van der Waals surface area (Å²) in [6.07, 6.45) is 3.63. The van der Waals surface area contributed by atoms with Gasteiger partial charge in [0, 0.05) is 37.3 Å². The fraction of sp³-hybridized carbons (Fsp3) is 0.409. The third kappa shape index (κ3) is 5.19. The van der Waals surface area contributed by atoms with Crippen molar-refractivity contribution in [3.63, 3.8) is 0 Å². The number of carbonyl (C=O) groups excluding carboxylic acids is 1. The standard InChI is InChI=1S/C22H26ClFN2O4S/c1-25(15-18-19(23)8-7-9-20(18)24)22(27)17-14-16(10-11-21(17)30-2)31(28,29)26-12-5-3-4-6-13-26/h7-11,14H,3-6,12-13,15H2,1-2H3. The zero-order valence-corrected chi connectivity index (χ0v) is 19.2. The summed E-state index contributed by atoms with van der Waals surface area (Å²) in [6, 6.07) is 8.57. The quantitative estimate of drug-likeness (QED) is 0.633. The monoisotopic (exact) mass is 468 g/mol. The number of amides is 1. The van der Waals surface area contributed by atoms with Crippen LogP contribution >= 0.6 is 11.6 Å². The highest BCUT2D eigenvalue weighted by Crippen LogP contribution is 2.28. The first kappa shape index (κ1) is 23.5. The van der Waals surface area contributed by atoms with Crippen LogP contribution in [0, 0.1) is 5.82 Å². The first-order valence-corrected chi connectivity index (χ1v) is 11.9.